The summed E-state index contributed by atoms with van der Waals surface area (Å²) in [5, 5.41) is 11.9. The number of aromatic nitrogens is 2. The van der Waals surface area contributed by atoms with E-state index in [2.05, 4.69) is 34.3 Å². The molecule has 23 heavy (non-hydrogen) atoms. The van der Waals surface area contributed by atoms with E-state index in [9.17, 15) is 9.59 Å². The number of esters is 1. The van der Waals surface area contributed by atoms with Crippen LogP contribution in [0.5, 0.6) is 0 Å². The van der Waals surface area contributed by atoms with Gasteiger partial charge in [0, 0.05) is 18.9 Å². The van der Waals surface area contributed by atoms with E-state index in [1.54, 1.807) is 0 Å². The van der Waals surface area contributed by atoms with Crippen LogP contribution in [0.3, 0.4) is 0 Å². The van der Waals surface area contributed by atoms with Crippen LogP contribution in [0.1, 0.15) is 51.5 Å². The molecule has 8 heteroatoms. The Kier molecular flexibility index (Phi) is 8.71. The quantitative estimate of drug-likeness (QED) is 0.657. The largest absolute Gasteiger partial charge is 0.464 e. The molecule has 7 nitrogen and oxygen atoms in total. The fraction of sp³-hybridized carbons (Fsp3) is 0.733. The Hall–Kier alpha value is -1.54. The fourth-order valence-corrected chi connectivity index (χ4v) is 2.58. The van der Waals surface area contributed by atoms with Gasteiger partial charge in [-0.05, 0) is 13.1 Å². The summed E-state index contributed by atoms with van der Waals surface area (Å²) >= 11 is 1.35. The van der Waals surface area contributed by atoms with Gasteiger partial charge in [0.15, 0.2) is 0 Å². The van der Waals surface area contributed by atoms with Crippen LogP contribution in [0.2, 0.25) is 0 Å². The van der Waals surface area contributed by atoms with Gasteiger partial charge in [0.05, 0.1) is 6.42 Å². The lowest BCUT2D eigenvalue weighted by Crippen LogP contribution is -2.28. The molecule has 0 saturated heterocycles. The summed E-state index contributed by atoms with van der Waals surface area (Å²) in [5.74, 6) is -0.330. The maximum absolute atomic E-state index is 11.8. The molecule has 0 radical (unpaired) electrons. The molecule has 0 aliphatic heterocycles. The zero-order valence-electron chi connectivity index (χ0n) is 14.3. The molecule has 1 rings (SSSR count). The molecule has 0 saturated carbocycles. The molecule has 0 bridgehead atoms. The average molecular weight is 342 g/mol. The number of amides is 1. The number of nitrogens with zero attached hydrogens (tertiary/aromatic N) is 3. The zero-order valence-corrected chi connectivity index (χ0v) is 15.1. The molecule has 0 fully saturated rings. The highest BCUT2D eigenvalue weighted by atomic mass is 32.1. The lowest BCUT2D eigenvalue weighted by atomic mass is 10.2. The van der Waals surface area contributed by atoms with E-state index in [0.717, 1.165) is 18.1 Å². The number of carbonyl (C=O) groups is 2. The molecule has 0 aliphatic rings. The van der Waals surface area contributed by atoms with Crippen molar-refractivity contribution in [2.24, 2.45) is 0 Å². The Morgan fingerprint density at radius 2 is 1.91 bits per heavy atom. The molecule has 1 heterocycles. The highest BCUT2D eigenvalue weighted by molar-refractivity contribution is 7.15. The van der Waals surface area contributed by atoms with Gasteiger partial charge in [-0.15, -0.1) is 10.2 Å². The first kappa shape index (κ1) is 19.5. The Labute approximate surface area is 141 Å². The van der Waals surface area contributed by atoms with E-state index in [1.807, 2.05) is 13.8 Å². The van der Waals surface area contributed by atoms with Crippen molar-refractivity contribution in [2.45, 2.75) is 46.5 Å². The third kappa shape index (κ3) is 7.51. The normalized spacial score (nSPS) is 11.0. The van der Waals surface area contributed by atoms with Crippen LogP contribution < -0.4 is 5.32 Å². The smallest absolute Gasteiger partial charge is 0.306 e. The van der Waals surface area contributed by atoms with Gasteiger partial charge >= 0.3 is 5.97 Å². The van der Waals surface area contributed by atoms with E-state index in [4.69, 9.17) is 4.74 Å². The van der Waals surface area contributed by atoms with Crippen LogP contribution in [0, 0.1) is 0 Å². The zero-order chi connectivity index (χ0) is 17.2. The van der Waals surface area contributed by atoms with Gasteiger partial charge < -0.3 is 15.0 Å². The van der Waals surface area contributed by atoms with Gasteiger partial charge in [-0.3, -0.25) is 9.59 Å². The van der Waals surface area contributed by atoms with Gasteiger partial charge in [0.25, 0.3) is 0 Å². The molecule has 0 unspecified atom stereocenters. The molecule has 130 valence electrons. The van der Waals surface area contributed by atoms with Crippen molar-refractivity contribution in [2.75, 3.05) is 31.6 Å². The van der Waals surface area contributed by atoms with Crippen molar-refractivity contribution < 1.29 is 14.3 Å². The summed E-state index contributed by atoms with van der Waals surface area (Å²) in [5.41, 5.74) is 0. The van der Waals surface area contributed by atoms with Crippen molar-refractivity contribution >= 4 is 28.3 Å². The van der Waals surface area contributed by atoms with Crippen molar-refractivity contribution in [3.05, 3.63) is 5.01 Å². The topological polar surface area (TPSA) is 84.4 Å². The fourth-order valence-electron chi connectivity index (χ4n) is 1.82. The van der Waals surface area contributed by atoms with Crippen LogP contribution in [-0.2, 0) is 14.3 Å². The first-order valence-corrected chi connectivity index (χ1v) is 8.79. The van der Waals surface area contributed by atoms with Gasteiger partial charge in [0.2, 0.25) is 11.0 Å². The second-order valence-corrected chi connectivity index (χ2v) is 6.40. The molecular weight excluding hydrogens is 316 g/mol. The van der Waals surface area contributed by atoms with Gasteiger partial charge in [-0.25, -0.2) is 0 Å². The maximum atomic E-state index is 11.8. The van der Waals surface area contributed by atoms with E-state index < -0.39 is 0 Å². The third-order valence-electron chi connectivity index (χ3n) is 3.30. The van der Waals surface area contributed by atoms with Gasteiger partial charge in [0.1, 0.15) is 11.6 Å². The first-order valence-electron chi connectivity index (χ1n) is 7.97. The number of carbonyl (C=O) groups excluding carboxylic acids is 2. The second-order valence-electron chi connectivity index (χ2n) is 5.40. The van der Waals surface area contributed by atoms with Crippen molar-refractivity contribution in [1.82, 2.24) is 15.1 Å². The predicted octanol–water partition coefficient (Wildman–Crippen LogP) is 2.27. The molecule has 1 aromatic rings. The Balaban J connectivity index is 2.23. The molecule has 0 aromatic carbocycles. The summed E-state index contributed by atoms with van der Waals surface area (Å²) < 4.78 is 5.13. The van der Waals surface area contributed by atoms with Crippen molar-refractivity contribution in [3.63, 3.8) is 0 Å². The van der Waals surface area contributed by atoms with E-state index in [-0.39, 0.29) is 30.6 Å². The standard InChI is InChI=1S/C15H26N4O3S/c1-5-19(6-2)9-10-22-13(21)8-7-12(20)16-15-18-17-14(23-15)11(3)4/h11H,5-10H2,1-4H3,(H,16,18,20). The minimum Gasteiger partial charge on any atom is -0.464 e. The molecule has 1 amide bonds. The first-order chi connectivity index (χ1) is 11.0. The molecule has 1 aromatic heterocycles. The molecule has 1 N–H and O–H groups in total. The molecule has 0 spiro atoms. The van der Waals surface area contributed by atoms with Gasteiger partial charge in [-0.1, -0.05) is 39.0 Å². The highest BCUT2D eigenvalue weighted by Gasteiger charge is 2.12. The Morgan fingerprint density at radius 3 is 2.48 bits per heavy atom. The SMILES string of the molecule is CCN(CC)CCOC(=O)CCC(=O)Nc1nnc(C(C)C)s1. The summed E-state index contributed by atoms with van der Waals surface area (Å²) in [7, 11) is 0. The minimum atomic E-state index is -0.354. The Bertz CT molecular complexity index is 501. The minimum absolute atomic E-state index is 0.0694. The summed E-state index contributed by atoms with van der Waals surface area (Å²) in [6.07, 6.45) is 0.153. The lowest BCUT2D eigenvalue weighted by Gasteiger charge is -2.17. The maximum Gasteiger partial charge on any atom is 0.306 e. The van der Waals surface area contributed by atoms with Crippen molar-refractivity contribution in [1.29, 1.82) is 0 Å². The monoisotopic (exact) mass is 342 g/mol. The number of nitrogens with one attached hydrogen (secondary N) is 1. The van der Waals surface area contributed by atoms with Crippen LogP contribution in [0.4, 0.5) is 5.13 Å². The highest BCUT2D eigenvalue weighted by Crippen LogP contribution is 2.22. The van der Waals surface area contributed by atoms with E-state index >= 15 is 0 Å². The number of ether oxygens (including phenoxy) is 1. The molecular formula is C15H26N4O3S. The van der Waals surface area contributed by atoms with Crippen LogP contribution in [-0.4, -0.2) is 53.2 Å². The van der Waals surface area contributed by atoms with Crippen LogP contribution in [0.15, 0.2) is 0 Å². The summed E-state index contributed by atoms with van der Waals surface area (Å²) in [6.45, 7) is 11.1. The third-order valence-corrected chi connectivity index (χ3v) is 4.44. The summed E-state index contributed by atoms with van der Waals surface area (Å²) in [4.78, 5) is 25.6. The molecule has 0 aliphatic carbocycles. The van der Waals surface area contributed by atoms with E-state index in [0.29, 0.717) is 18.3 Å². The number of likely N-dealkylation sites (N-methyl/N-ethyl adjacent to an activating group) is 1. The second kappa shape index (κ2) is 10.3. The predicted molar refractivity (Wildman–Crippen MR) is 90.6 cm³/mol. The molecule has 0 atom stereocenters. The van der Waals surface area contributed by atoms with Crippen LogP contribution >= 0.6 is 11.3 Å². The number of rotatable bonds is 10. The number of hydrogen-bond acceptors (Lipinski definition) is 7. The van der Waals surface area contributed by atoms with Crippen LogP contribution in [0.25, 0.3) is 0 Å². The average Bonchev–Trinajstić information content (AvgIpc) is 2.98. The van der Waals surface area contributed by atoms with Crippen molar-refractivity contribution in [3.8, 4) is 0 Å². The number of hydrogen-bond donors (Lipinski definition) is 1. The van der Waals surface area contributed by atoms with Gasteiger partial charge in [-0.2, -0.15) is 0 Å². The number of anilines is 1. The summed E-state index contributed by atoms with van der Waals surface area (Å²) in [6, 6.07) is 0. The lowest BCUT2D eigenvalue weighted by molar-refractivity contribution is -0.145. The Morgan fingerprint density at radius 1 is 1.22 bits per heavy atom. The van der Waals surface area contributed by atoms with E-state index in [1.165, 1.54) is 11.3 Å².